The van der Waals surface area contributed by atoms with Gasteiger partial charge < -0.3 is 20.1 Å². The molecule has 0 amide bonds. The second-order valence-electron chi connectivity index (χ2n) is 5.95. The lowest BCUT2D eigenvalue weighted by Crippen LogP contribution is -2.47. The highest BCUT2D eigenvalue weighted by Gasteiger charge is 2.24. The summed E-state index contributed by atoms with van der Waals surface area (Å²) in [6.07, 6.45) is 5.32. The SMILES string of the molecule is CCCN(CCO)c1ncc(OCC2CC(=O)C[C@H](C)N2)cn1. The van der Waals surface area contributed by atoms with Crippen molar-refractivity contribution < 1.29 is 14.6 Å². The van der Waals surface area contributed by atoms with Crippen molar-refractivity contribution in [3.63, 3.8) is 0 Å². The van der Waals surface area contributed by atoms with E-state index in [9.17, 15) is 4.79 Å². The number of aromatic nitrogens is 2. The van der Waals surface area contributed by atoms with Crippen LogP contribution in [0, 0.1) is 0 Å². The van der Waals surface area contributed by atoms with Crippen LogP contribution in [0.25, 0.3) is 0 Å². The fourth-order valence-corrected chi connectivity index (χ4v) is 2.77. The van der Waals surface area contributed by atoms with Crippen molar-refractivity contribution in [2.45, 2.75) is 45.2 Å². The molecule has 0 aliphatic carbocycles. The number of Topliss-reactive ketones (excluding diaryl/α,β-unsaturated/α-hetero) is 1. The average molecular weight is 322 g/mol. The average Bonchev–Trinajstić information content (AvgIpc) is 2.52. The molecule has 7 nitrogen and oxygen atoms in total. The number of rotatable bonds is 8. The number of nitrogens with one attached hydrogen (secondary N) is 1. The van der Waals surface area contributed by atoms with Crippen LogP contribution in [0.5, 0.6) is 5.75 Å². The van der Waals surface area contributed by atoms with Gasteiger partial charge in [0.05, 0.1) is 19.0 Å². The molecular formula is C16H26N4O3. The van der Waals surface area contributed by atoms with E-state index >= 15 is 0 Å². The first kappa shape index (κ1) is 17.6. The molecule has 1 unspecified atom stereocenters. The highest BCUT2D eigenvalue weighted by molar-refractivity contribution is 5.80. The van der Waals surface area contributed by atoms with Crippen LogP contribution in [-0.4, -0.2) is 59.2 Å². The Labute approximate surface area is 137 Å². The second kappa shape index (κ2) is 8.79. The first-order valence-corrected chi connectivity index (χ1v) is 8.20. The summed E-state index contributed by atoms with van der Waals surface area (Å²) in [7, 11) is 0. The van der Waals surface area contributed by atoms with Gasteiger partial charge in [0.2, 0.25) is 5.95 Å². The van der Waals surface area contributed by atoms with Crippen LogP contribution in [0.2, 0.25) is 0 Å². The van der Waals surface area contributed by atoms with Crippen molar-refractivity contribution in [3.05, 3.63) is 12.4 Å². The van der Waals surface area contributed by atoms with Gasteiger partial charge in [0.15, 0.2) is 5.75 Å². The van der Waals surface area contributed by atoms with Crippen LogP contribution in [0.15, 0.2) is 12.4 Å². The quantitative estimate of drug-likeness (QED) is 0.731. The summed E-state index contributed by atoms with van der Waals surface area (Å²) in [5.41, 5.74) is 0. The Balaban J connectivity index is 1.88. The Morgan fingerprint density at radius 1 is 1.35 bits per heavy atom. The number of carbonyl (C=O) groups excluding carboxylic acids is 1. The maximum Gasteiger partial charge on any atom is 0.225 e. The monoisotopic (exact) mass is 322 g/mol. The Morgan fingerprint density at radius 2 is 2.09 bits per heavy atom. The smallest absolute Gasteiger partial charge is 0.225 e. The van der Waals surface area contributed by atoms with Crippen LogP contribution < -0.4 is 15.0 Å². The summed E-state index contributed by atoms with van der Waals surface area (Å²) in [4.78, 5) is 22.1. The molecule has 2 N–H and O–H groups in total. The number of nitrogens with zero attached hydrogens (tertiary/aromatic N) is 3. The molecule has 1 aliphatic rings. The Kier molecular flexibility index (Phi) is 6.73. The van der Waals surface area contributed by atoms with E-state index in [4.69, 9.17) is 9.84 Å². The molecule has 23 heavy (non-hydrogen) atoms. The Bertz CT molecular complexity index is 489. The molecule has 0 aromatic carbocycles. The largest absolute Gasteiger partial charge is 0.489 e. The van der Waals surface area contributed by atoms with E-state index in [0.717, 1.165) is 13.0 Å². The molecule has 1 fully saturated rings. The van der Waals surface area contributed by atoms with E-state index in [1.807, 2.05) is 11.8 Å². The summed E-state index contributed by atoms with van der Waals surface area (Å²) in [6.45, 7) is 5.88. The number of piperidine rings is 1. The van der Waals surface area contributed by atoms with E-state index in [-0.39, 0.29) is 24.5 Å². The molecule has 2 atom stereocenters. The fourth-order valence-electron chi connectivity index (χ4n) is 2.77. The maximum absolute atomic E-state index is 11.6. The molecule has 1 aromatic heterocycles. The first-order chi connectivity index (χ1) is 11.1. The van der Waals surface area contributed by atoms with Crippen molar-refractivity contribution in [2.24, 2.45) is 0 Å². The predicted octanol–water partition coefficient (Wildman–Crippen LogP) is 0.774. The fraction of sp³-hybridized carbons (Fsp3) is 0.688. The maximum atomic E-state index is 11.6. The van der Waals surface area contributed by atoms with Gasteiger partial charge in [0.25, 0.3) is 0 Å². The zero-order valence-corrected chi connectivity index (χ0v) is 13.9. The summed E-state index contributed by atoms with van der Waals surface area (Å²) >= 11 is 0. The number of carbonyl (C=O) groups is 1. The van der Waals surface area contributed by atoms with Crippen molar-refractivity contribution in [1.82, 2.24) is 15.3 Å². The predicted molar refractivity (Wildman–Crippen MR) is 87.7 cm³/mol. The Hall–Kier alpha value is -1.73. The molecular weight excluding hydrogens is 296 g/mol. The molecule has 0 spiro atoms. The van der Waals surface area contributed by atoms with Gasteiger partial charge in [-0.15, -0.1) is 0 Å². The highest BCUT2D eigenvalue weighted by atomic mass is 16.5. The molecule has 1 saturated heterocycles. The van der Waals surface area contributed by atoms with Gasteiger partial charge in [-0.1, -0.05) is 6.92 Å². The molecule has 2 rings (SSSR count). The van der Waals surface area contributed by atoms with Gasteiger partial charge in [-0.25, -0.2) is 9.97 Å². The van der Waals surface area contributed by atoms with E-state index in [0.29, 0.717) is 37.7 Å². The minimum atomic E-state index is 0.0388. The molecule has 0 radical (unpaired) electrons. The molecule has 0 saturated carbocycles. The van der Waals surface area contributed by atoms with Gasteiger partial charge in [-0.05, 0) is 13.3 Å². The zero-order valence-electron chi connectivity index (χ0n) is 13.9. The van der Waals surface area contributed by atoms with Crippen molar-refractivity contribution in [3.8, 4) is 5.75 Å². The normalized spacial score (nSPS) is 21.3. The van der Waals surface area contributed by atoms with Crippen molar-refractivity contribution in [2.75, 3.05) is 31.2 Å². The number of ketones is 1. The lowest BCUT2D eigenvalue weighted by Gasteiger charge is -2.27. The molecule has 1 aromatic rings. The molecule has 128 valence electrons. The van der Waals surface area contributed by atoms with Gasteiger partial charge in [-0.3, -0.25) is 4.79 Å². The zero-order chi connectivity index (χ0) is 16.7. The number of aliphatic hydroxyl groups excluding tert-OH is 1. The van der Waals surface area contributed by atoms with Crippen LogP contribution in [0.1, 0.15) is 33.1 Å². The van der Waals surface area contributed by atoms with Crippen LogP contribution >= 0.6 is 0 Å². The van der Waals surface area contributed by atoms with E-state index < -0.39 is 0 Å². The second-order valence-corrected chi connectivity index (χ2v) is 5.95. The topological polar surface area (TPSA) is 87.6 Å². The standard InChI is InChI=1S/C16H26N4O3/c1-3-4-20(5-6-21)16-17-9-15(10-18-16)23-11-13-8-14(22)7-12(2)19-13/h9-10,12-13,19,21H,3-8,11H2,1-2H3/t12-,13?/m0/s1. The van der Waals surface area contributed by atoms with Gasteiger partial charge in [-0.2, -0.15) is 0 Å². The third kappa shape index (κ3) is 5.44. The minimum Gasteiger partial charge on any atom is -0.489 e. The number of aliphatic hydroxyl groups is 1. The molecule has 0 bridgehead atoms. The molecule has 1 aliphatic heterocycles. The van der Waals surface area contributed by atoms with Gasteiger partial charge in [0.1, 0.15) is 12.4 Å². The van der Waals surface area contributed by atoms with Crippen LogP contribution in [-0.2, 0) is 4.79 Å². The lowest BCUT2D eigenvalue weighted by atomic mass is 9.99. The van der Waals surface area contributed by atoms with Crippen molar-refractivity contribution >= 4 is 11.7 Å². The molecule has 2 heterocycles. The van der Waals surface area contributed by atoms with Crippen LogP contribution in [0.4, 0.5) is 5.95 Å². The number of ether oxygens (including phenoxy) is 1. The van der Waals surface area contributed by atoms with E-state index in [1.165, 1.54) is 0 Å². The van der Waals surface area contributed by atoms with Crippen molar-refractivity contribution in [1.29, 1.82) is 0 Å². The summed E-state index contributed by atoms with van der Waals surface area (Å²) in [5.74, 6) is 1.45. The first-order valence-electron chi connectivity index (χ1n) is 8.20. The lowest BCUT2D eigenvalue weighted by molar-refractivity contribution is -0.121. The summed E-state index contributed by atoms with van der Waals surface area (Å²) < 4.78 is 5.69. The Morgan fingerprint density at radius 3 is 2.70 bits per heavy atom. The van der Waals surface area contributed by atoms with E-state index in [1.54, 1.807) is 12.4 Å². The van der Waals surface area contributed by atoms with Crippen LogP contribution in [0.3, 0.4) is 0 Å². The third-order valence-electron chi connectivity index (χ3n) is 3.74. The molecule has 7 heteroatoms. The number of anilines is 1. The highest BCUT2D eigenvalue weighted by Crippen LogP contribution is 2.14. The summed E-state index contributed by atoms with van der Waals surface area (Å²) in [5, 5.41) is 12.5. The number of hydrogen-bond donors (Lipinski definition) is 2. The third-order valence-corrected chi connectivity index (χ3v) is 3.74. The van der Waals surface area contributed by atoms with E-state index in [2.05, 4.69) is 22.2 Å². The van der Waals surface area contributed by atoms with Gasteiger partial charge >= 0.3 is 0 Å². The summed E-state index contributed by atoms with van der Waals surface area (Å²) in [6, 6.07) is 0.237. The number of hydrogen-bond acceptors (Lipinski definition) is 7. The van der Waals surface area contributed by atoms with Gasteiger partial charge in [0, 0.05) is 38.0 Å². The minimum absolute atomic E-state index is 0.0388.